The number of hydrogen-bond donors (Lipinski definition) is 2. The Morgan fingerprint density at radius 3 is 2.87 bits per heavy atom. The summed E-state index contributed by atoms with van der Waals surface area (Å²) in [5.41, 5.74) is 8.80. The summed E-state index contributed by atoms with van der Waals surface area (Å²) >= 11 is 0. The monoisotopic (exact) mass is 311 g/mol. The number of benzene rings is 1. The van der Waals surface area contributed by atoms with Gasteiger partial charge in [0.2, 0.25) is 0 Å². The topological polar surface area (TPSA) is 58.4 Å². The van der Waals surface area contributed by atoms with Crippen molar-refractivity contribution in [3.8, 4) is 0 Å². The molecule has 0 radical (unpaired) electrons. The van der Waals surface area contributed by atoms with Crippen LogP contribution in [0.25, 0.3) is 0 Å². The summed E-state index contributed by atoms with van der Waals surface area (Å²) in [5.74, 6) is -0.144. The molecule has 0 atom stereocenters. The molecule has 3 N–H and O–H groups in total. The molecule has 4 heteroatoms. The molecule has 0 spiro atoms. The molecule has 0 aliphatic carbocycles. The molecule has 23 heavy (non-hydrogen) atoms. The van der Waals surface area contributed by atoms with Crippen LogP contribution in [-0.2, 0) is 17.8 Å². The molecule has 0 bridgehead atoms. The van der Waals surface area contributed by atoms with E-state index in [0.29, 0.717) is 12.1 Å². The first-order valence-electron chi connectivity index (χ1n) is 8.03. The van der Waals surface area contributed by atoms with E-state index in [0.717, 1.165) is 32.5 Å². The number of amides is 1. The van der Waals surface area contributed by atoms with Crippen molar-refractivity contribution in [3.63, 3.8) is 0 Å². The van der Waals surface area contributed by atoms with Gasteiger partial charge in [0, 0.05) is 32.4 Å². The minimum Gasteiger partial charge on any atom is -0.404 e. The number of nitrogens with one attached hydrogen (secondary N) is 1. The highest BCUT2D eigenvalue weighted by molar-refractivity contribution is 5.96. The third-order valence-electron chi connectivity index (χ3n) is 4.00. The Labute approximate surface area is 138 Å². The van der Waals surface area contributed by atoms with E-state index >= 15 is 0 Å². The van der Waals surface area contributed by atoms with E-state index in [1.807, 2.05) is 0 Å². The number of hydrogen-bond acceptors (Lipinski definition) is 3. The van der Waals surface area contributed by atoms with Crippen LogP contribution in [0, 0.1) is 0 Å². The molecule has 1 aromatic carbocycles. The fraction of sp³-hybridized carbons (Fsp3) is 0.316. The van der Waals surface area contributed by atoms with Crippen molar-refractivity contribution in [2.45, 2.75) is 19.4 Å². The van der Waals surface area contributed by atoms with Gasteiger partial charge in [0.05, 0.1) is 5.57 Å². The van der Waals surface area contributed by atoms with Gasteiger partial charge in [0.1, 0.15) is 0 Å². The van der Waals surface area contributed by atoms with Gasteiger partial charge in [0.25, 0.3) is 5.91 Å². The Kier molecular flexibility index (Phi) is 6.63. The van der Waals surface area contributed by atoms with E-state index in [1.165, 1.54) is 17.3 Å². The van der Waals surface area contributed by atoms with Gasteiger partial charge in [-0.05, 0) is 30.0 Å². The maximum atomic E-state index is 11.9. The molecule has 0 saturated heterocycles. The van der Waals surface area contributed by atoms with Crippen molar-refractivity contribution in [2.75, 3.05) is 19.6 Å². The van der Waals surface area contributed by atoms with Gasteiger partial charge < -0.3 is 11.1 Å². The predicted molar refractivity (Wildman–Crippen MR) is 94.7 cm³/mol. The molecule has 122 valence electrons. The average Bonchev–Trinajstić information content (AvgIpc) is 2.59. The number of fused-ring (bicyclic) bond motifs is 1. The van der Waals surface area contributed by atoms with Crippen LogP contribution < -0.4 is 11.1 Å². The van der Waals surface area contributed by atoms with Crippen molar-refractivity contribution >= 4 is 5.91 Å². The molecule has 0 unspecified atom stereocenters. The van der Waals surface area contributed by atoms with Gasteiger partial charge >= 0.3 is 0 Å². The van der Waals surface area contributed by atoms with Crippen LogP contribution >= 0.6 is 0 Å². The Morgan fingerprint density at radius 1 is 1.35 bits per heavy atom. The first-order valence-corrected chi connectivity index (χ1v) is 8.03. The molecule has 0 saturated carbocycles. The summed E-state index contributed by atoms with van der Waals surface area (Å²) in [6.07, 6.45) is 8.32. The zero-order valence-electron chi connectivity index (χ0n) is 13.5. The maximum Gasteiger partial charge on any atom is 0.252 e. The largest absolute Gasteiger partial charge is 0.404 e. The van der Waals surface area contributed by atoms with E-state index in [1.54, 1.807) is 18.2 Å². The second-order valence-corrected chi connectivity index (χ2v) is 5.62. The van der Waals surface area contributed by atoms with Crippen LogP contribution in [0.1, 0.15) is 17.5 Å². The number of allylic oxidation sites excluding steroid dienone is 2. The molecule has 1 aromatic rings. The summed E-state index contributed by atoms with van der Waals surface area (Å²) in [5, 5.41) is 2.90. The van der Waals surface area contributed by atoms with Crippen LogP contribution in [0.2, 0.25) is 0 Å². The van der Waals surface area contributed by atoms with Gasteiger partial charge in [-0.25, -0.2) is 0 Å². The molecular weight excluding hydrogens is 286 g/mol. The lowest BCUT2D eigenvalue weighted by Crippen LogP contribution is -2.34. The standard InChI is InChI=1S/C19H25N3O/c1-2-3-7-17(14-20)19(23)21-11-6-12-22-13-10-16-8-4-5-9-18(16)15-22/h2-5,7-9,14H,1,6,10-13,15,20H2,(H,21,23)/b7-3-,17-14+. The highest BCUT2D eigenvalue weighted by Gasteiger charge is 2.15. The minimum absolute atomic E-state index is 0.144. The van der Waals surface area contributed by atoms with Gasteiger partial charge in [-0.1, -0.05) is 43.0 Å². The Balaban J connectivity index is 1.71. The van der Waals surface area contributed by atoms with Gasteiger partial charge in [0.15, 0.2) is 0 Å². The highest BCUT2D eigenvalue weighted by Crippen LogP contribution is 2.18. The van der Waals surface area contributed by atoms with Crippen LogP contribution in [0.4, 0.5) is 0 Å². The normalized spacial score (nSPS) is 15.4. The minimum atomic E-state index is -0.144. The molecule has 1 aliphatic heterocycles. The number of nitrogens with zero attached hydrogens (tertiary/aromatic N) is 1. The summed E-state index contributed by atoms with van der Waals surface area (Å²) in [6.45, 7) is 7.30. The summed E-state index contributed by atoms with van der Waals surface area (Å²) in [6, 6.07) is 8.62. The molecule has 0 aromatic heterocycles. The number of nitrogens with two attached hydrogens (primary N) is 1. The van der Waals surface area contributed by atoms with E-state index in [-0.39, 0.29) is 5.91 Å². The molecule has 1 heterocycles. The lowest BCUT2D eigenvalue weighted by Gasteiger charge is -2.28. The first kappa shape index (κ1) is 17.0. The average molecular weight is 311 g/mol. The third-order valence-corrected chi connectivity index (χ3v) is 4.00. The Morgan fingerprint density at radius 2 is 2.13 bits per heavy atom. The maximum absolute atomic E-state index is 11.9. The summed E-state index contributed by atoms with van der Waals surface area (Å²) in [7, 11) is 0. The molecule has 1 aliphatic rings. The Hall–Kier alpha value is -2.33. The van der Waals surface area contributed by atoms with Gasteiger partial charge in [-0.3, -0.25) is 9.69 Å². The third kappa shape index (κ3) is 5.11. The van der Waals surface area contributed by atoms with Crippen molar-refractivity contribution in [3.05, 3.63) is 72.0 Å². The van der Waals surface area contributed by atoms with E-state index < -0.39 is 0 Å². The van der Waals surface area contributed by atoms with Crippen molar-refractivity contribution < 1.29 is 4.79 Å². The first-order chi connectivity index (χ1) is 11.2. The van der Waals surface area contributed by atoms with E-state index in [9.17, 15) is 4.79 Å². The quantitative estimate of drug-likeness (QED) is 0.461. The highest BCUT2D eigenvalue weighted by atomic mass is 16.1. The van der Waals surface area contributed by atoms with Crippen molar-refractivity contribution in [2.24, 2.45) is 5.73 Å². The molecule has 2 rings (SSSR count). The van der Waals surface area contributed by atoms with Crippen molar-refractivity contribution in [1.29, 1.82) is 0 Å². The smallest absolute Gasteiger partial charge is 0.252 e. The zero-order valence-corrected chi connectivity index (χ0v) is 13.5. The fourth-order valence-corrected chi connectivity index (χ4v) is 2.73. The Bertz CT molecular complexity index is 604. The molecular formula is C19H25N3O. The van der Waals surface area contributed by atoms with Crippen LogP contribution in [0.5, 0.6) is 0 Å². The van der Waals surface area contributed by atoms with Crippen LogP contribution in [-0.4, -0.2) is 30.4 Å². The van der Waals surface area contributed by atoms with E-state index in [2.05, 4.69) is 41.1 Å². The second-order valence-electron chi connectivity index (χ2n) is 5.62. The van der Waals surface area contributed by atoms with Crippen LogP contribution in [0.3, 0.4) is 0 Å². The van der Waals surface area contributed by atoms with Crippen LogP contribution in [0.15, 0.2) is 60.8 Å². The second kappa shape index (κ2) is 8.96. The lowest BCUT2D eigenvalue weighted by atomic mass is 10.00. The van der Waals surface area contributed by atoms with Gasteiger partial charge in [-0.2, -0.15) is 0 Å². The predicted octanol–water partition coefficient (Wildman–Crippen LogP) is 2.14. The lowest BCUT2D eigenvalue weighted by molar-refractivity contribution is -0.117. The summed E-state index contributed by atoms with van der Waals surface area (Å²) < 4.78 is 0. The summed E-state index contributed by atoms with van der Waals surface area (Å²) in [4.78, 5) is 14.4. The number of carbonyl (C=O) groups excluding carboxylic acids is 1. The fourth-order valence-electron chi connectivity index (χ4n) is 2.73. The van der Waals surface area contributed by atoms with Crippen molar-refractivity contribution in [1.82, 2.24) is 10.2 Å². The molecule has 4 nitrogen and oxygen atoms in total. The molecule has 0 fully saturated rings. The number of carbonyl (C=O) groups is 1. The zero-order chi connectivity index (χ0) is 16.5. The SMILES string of the molecule is C=C/C=C\C(=C/N)C(=O)NCCCN1CCc2ccccc2C1. The van der Waals surface area contributed by atoms with E-state index in [4.69, 9.17) is 5.73 Å². The van der Waals surface area contributed by atoms with Gasteiger partial charge in [-0.15, -0.1) is 0 Å². The molecule has 1 amide bonds. The number of rotatable bonds is 7.